The molecule has 94 valence electrons. The number of benzene rings is 1. The smallest absolute Gasteiger partial charge is 0.0587 e. The number of rotatable bonds is 7. The molecule has 3 nitrogen and oxygen atoms in total. The molecule has 1 aliphatic heterocycles. The lowest BCUT2D eigenvalue weighted by Gasteiger charge is -2.19. The lowest BCUT2D eigenvalue weighted by atomic mass is 10.2. The average Bonchev–Trinajstić information content (AvgIpc) is 2.77. The second-order valence-electron chi connectivity index (χ2n) is 4.46. The van der Waals surface area contributed by atoms with Crippen LogP contribution >= 0.6 is 0 Å². The molecular formula is C14H22N2O. The van der Waals surface area contributed by atoms with Gasteiger partial charge in [0.25, 0.3) is 0 Å². The van der Waals surface area contributed by atoms with Crippen LogP contribution in [-0.2, 0) is 11.2 Å². The first-order valence-electron chi connectivity index (χ1n) is 6.44. The van der Waals surface area contributed by atoms with E-state index in [1.165, 1.54) is 30.6 Å². The highest BCUT2D eigenvalue weighted by atomic mass is 16.5. The van der Waals surface area contributed by atoms with E-state index in [2.05, 4.69) is 34.5 Å². The Morgan fingerprint density at radius 1 is 1.29 bits per heavy atom. The largest absolute Gasteiger partial charge is 0.383 e. The summed E-state index contributed by atoms with van der Waals surface area (Å²) in [4.78, 5) is 2.49. The Balaban J connectivity index is 1.68. The van der Waals surface area contributed by atoms with Crippen LogP contribution in [0.1, 0.15) is 12.0 Å². The van der Waals surface area contributed by atoms with Crippen molar-refractivity contribution in [2.75, 3.05) is 44.8 Å². The first kappa shape index (κ1) is 12.4. The average molecular weight is 234 g/mol. The molecule has 0 amide bonds. The van der Waals surface area contributed by atoms with Gasteiger partial charge in [0, 0.05) is 32.4 Å². The Hall–Kier alpha value is -1.06. The molecule has 1 N–H and O–H groups in total. The Morgan fingerprint density at radius 3 is 3.06 bits per heavy atom. The van der Waals surface area contributed by atoms with Crippen molar-refractivity contribution >= 4 is 5.69 Å². The standard InChI is InChI=1S/C14H22N2O/c1-17-12-9-15-8-4-10-16-11-7-13-5-2-3-6-14(13)16/h2-3,5-6,15H,4,7-12H2,1H3. The summed E-state index contributed by atoms with van der Waals surface area (Å²) in [5, 5.41) is 3.38. The van der Waals surface area contributed by atoms with Crippen LogP contribution in [0.25, 0.3) is 0 Å². The molecule has 1 aromatic carbocycles. The van der Waals surface area contributed by atoms with Gasteiger partial charge in [-0.2, -0.15) is 0 Å². The third kappa shape index (κ3) is 3.45. The number of fused-ring (bicyclic) bond motifs is 1. The van der Waals surface area contributed by atoms with Crippen LogP contribution in [0.4, 0.5) is 5.69 Å². The van der Waals surface area contributed by atoms with E-state index in [0.29, 0.717) is 0 Å². The van der Waals surface area contributed by atoms with E-state index in [0.717, 1.165) is 26.2 Å². The van der Waals surface area contributed by atoms with Gasteiger partial charge in [-0.3, -0.25) is 0 Å². The summed E-state index contributed by atoms with van der Waals surface area (Å²) in [6, 6.07) is 8.75. The molecule has 0 saturated heterocycles. The molecule has 2 rings (SSSR count). The van der Waals surface area contributed by atoms with Crippen molar-refractivity contribution in [3.05, 3.63) is 29.8 Å². The highest BCUT2D eigenvalue weighted by molar-refractivity contribution is 5.57. The van der Waals surface area contributed by atoms with Gasteiger partial charge in [0.1, 0.15) is 0 Å². The normalized spacial score (nSPS) is 14.1. The van der Waals surface area contributed by atoms with Crippen LogP contribution in [-0.4, -0.2) is 39.9 Å². The predicted molar refractivity (Wildman–Crippen MR) is 71.7 cm³/mol. The number of nitrogens with zero attached hydrogens (tertiary/aromatic N) is 1. The summed E-state index contributed by atoms with van der Waals surface area (Å²) < 4.78 is 5.00. The number of para-hydroxylation sites is 1. The van der Waals surface area contributed by atoms with Crippen LogP contribution < -0.4 is 10.2 Å². The van der Waals surface area contributed by atoms with Crippen LogP contribution in [0.2, 0.25) is 0 Å². The molecule has 1 aromatic rings. The minimum atomic E-state index is 0.798. The number of anilines is 1. The Bertz CT molecular complexity index is 341. The van der Waals surface area contributed by atoms with Crippen LogP contribution in [0, 0.1) is 0 Å². The fourth-order valence-corrected chi connectivity index (χ4v) is 2.33. The first-order valence-corrected chi connectivity index (χ1v) is 6.44. The van der Waals surface area contributed by atoms with Crippen molar-refractivity contribution in [3.8, 4) is 0 Å². The molecule has 0 radical (unpaired) electrons. The fourth-order valence-electron chi connectivity index (χ4n) is 2.33. The summed E-state index contributed by atoms with van der Waals surface area (Å²) >= 11 is 0. The number of hydrogen-bond acceptors (Lipinski definition) is 3. The third-order valence-corrected chi connectivity index (χ3v) is 3.25. The Labute approximate surface area is 104 Å². The van der Waals surface area contributed by atoms with Gasteiger partial charge in [-0.05, 0) is 31.0 Å². The summed E-state index contributed by atoms with van der Waals surface area (Å²) in [5.41, 5.74) is 2.93. The van der Waals surface area contributed by atoms with Gasteiger partial charge in [-0.25, -0.2) is 0 Å². The van der Waals surface area contributed by atoms with E-state index in [9.17, 15) is 0 Å². The van der Waals surface area contributed by atoms with E-state index in [1.807, 2.05) is 0 Å². The second kappa shape index (κ2) is 6.62. The van der Waals surface area contributed by atoms with Crippen LogP contribution in [0.5, 0.6) is 0 Å². The lowest BCUT2D eigenvalue weighted by Crippen LogP contribution is -2.27. The maximum absolute atomic E-state index is 5.00. The van der Waals surface area contributed by atoms with Gasteiger partial charge in [-0.15, -0.1) is 0 Å². The van der Waals surface area contributed by atoms with E-state index in [-0.39, 0.29) is 0 Å². The summed E-state index contributed by atoms with van der Waals surface area (Å²) in [6.07, 6.45) is 2.39. The fraction of sp³-hybridized carbons (Fsp3) is 0.571. The summed E-state index contributed by atoms with van der Waals surface area (Å²) in [6.45, 7) is 5.15. The maximum atomic E-state index is 5.00. The van der Waals surface area contributed by atoms with E-state index in [4.69, 9.17) is 4.74 Å². The quantitative estimate of drug-likeness (QED) is 0.726. The third-order valence-electron chi connectivity index (χ3n) is 3.25. The minimum Gasteiger partial charge on any atom is -0.383 e. The van der Waals surface area contributed by atoms with Gasteiger partial charge >= 0.3 is 0 Å². The molecule has 0 spiro atoms. The number of methoxy groups -OCH3 is 1. The van der Waals surface area contributed by atoms with E-state index < -0.39 is 0 Å². The topological polar surface area (TPSA) is 24.5 Å². The van der Waals surface area contributed by atoms with Crippen molar-refractivity contribution in [2.24, 2.45) is 0 Å². The van der Waals surface area contributed by atoms with E-state index in [1.54, 1.807) is 7.11 Å². The molecule has 0 saturated carbocycles. The van der Waals surface area contributed by atoms with Gasteiger partial charge in [-0.1, -0.05) is 18.2 Å². The van der Waals surface area contributed by atoms with Crippen molar-refractivity contribution in [1.82, 2.24) is 5.32 Å². The van der Waals surface area contributed by atoms with Crippen molar-refractivity contribution in [1.29, 1.82) is 0 Å². The van der Waals surface area contributed by atoms with Crippen LogP contribution in [0.15, 0.2) is 24.3 Å². The highest BCUT2D eigenvalue weighted by Gasteiger charge is 2.16. The van der Waals surface area contributed by atoms with Crippen molar-refractivity contribution in [2.45, 2.75) is 12.8 Å². The van der Waals surface area contributed by atoms with Gasteiger partial charge in [0.15, 0.2) is 0 Å². The van der Waals surface area contributed by atoms with Gasteiger partial charge < -0.3 is 15.0 Å². The monoisotopic (exact) mass is 234 g/mol. The van der Waals surface area contributed by atoms with Crippen molar-refractivity contribution < 1.29 is 4.74 Å². The Kier molecular flexibility index (Phi) is 4.83. The lowest BCUT2D eigenvalue weighted by molar-refractivity contribution is 0.199. The Morgan fingerprint density at radius 2 is 2.18 bits per heavy atom. The number of nitrogens with one attached hydrogen (secondary N) is 1. The van der Waals surface area contributed by atoms with Crippen molar-refractivity contribution in [3.63, 3.8) is 0 Å². The molecule has 0 fully saturated rings. The zero-order chi connectivity index (χ0) is 11.9. The molecule has 0 unspecified atom stereocenters. The SMILES string of the molecule is COCCNCCCN1CCc2ccccc21. The molecule has 0 bridgehead atoms. The van der Waals surface area contributed by atoms with Crippen LogP contribution in [0.3, 0.4) is 0 Å². The summed E-state index contributed by atoms with van der Waals surface area (Å²) in [5.74, 6) is 0. The van der Waals surface area contributed by atoms with Gasteiger partial charge in [0.2, 0.25) is 0 Å². The second-order valence-corrected chi connectivity index (χ2v) is 4.46. The number of hydrogen-bond donors (Lipinski definition) is 1. The number of ether oxygens (including phenoxy) is 1. The minimum absolute atomic E-state index is 0.798. The molecule has 0 aliphatic carbocycles. The van der Waals surface area contributed by atoms with Gasteiger partial charge in [0.05, 0.1) is 6.61 Å². The highest BCUT2D eigenvalue weighted by Crippen LogP contribution is 2.26. The molecule has 3 heteroatoms. The molecule has 17 heavy (non-hydrogen) atoms. The molecule has 0 aromatic heterocycles. The zero-order valence-corrected chi connectivity index (χ0v) is 10.6. The molecule has 1 heterocycles. The predicted octanol–water partition coefficient (Wildman–Crippen LogP) is 1.68. The zero-order valence-electron chi connectivity index (χ0n) is 10.6. The van der Waals surface area contributed by atoms with E-state index >= 15 is 0 Å². The molecular weight excluding hydrogens is 212 g/mol. The molecule has 1 aliphatic rings. The molecule has 0 atom stereocenters. The summed E-state index contributed by atoms with van der Waals surface area (Å²) in [7, 11) is 1.74. The first-order chi connectivity index (χ1) is 8.42. The maximum Gasteiger partial charge on any atom is 0.0587 e.